The highest BCUT2D eigenvalue weighted by Crippen LogP contribution is 2.54. The summed E-state index contributed by atoms with van der Waals surface area (Å²) in [6.45, 7) is 4.31. The van der Waals surface area contributed by atoms with Crippen LogP contribution >= 0.6 is 0 Å². The fourth-order valence-electron chi connectivity index (χ4n) is 6.28. The van der Waals surface area contributed by atoms with Gasteiger partial charge in [0.25, 0.3) is 0 Å². The maximum atomic E-state index is 11.8. The van der Waals surface area contributed by atoms with Crippen LogP contribution < -0.4 is 0 Å². The maximum absolute atomic E-state index is 11.8. The molecule has 170 valence electrons. The largest absolute Gasteiger partial charge is 0.390 e. The minimum atomic E-state index is -3.22. The predicted molar refractivity (Wildman–Crippen MR) is 127 cm³/mol. The highest BCUT2D eigenvalue weighted by atomic mass is 32.2. The molecule has 6 heteroatoms. The van der Waals surface area contributed by atoms with Gasteiger partial charge in [0.05, 0.1) is 27.9 Å². The Kier molecular flexibility index (Phi) is 5.02. The van der Waals surface area contributed by atoms with Crippen LogP contribution in [-0.4, -0.2) is 35.2 Å². The molecule has 32 heavy (non-hydrogen) atoms. The number of hydrogen-bond donors (Lipinski definition) is 1. The van der Waals surface area contributed by atoms with Crippen LogP contribution in [0.1, 0.15) is 63.5 Å². The topological polar surface area (TPSA) is 72.2 Å². The van der Waals surface area contributed by atoms with Gasteiger partial charge in [0, 0.05) is 11.6 Å². The summed E-state index contributed by atoms with van der Waals surface area (Å²) in [6, 6.07) is 11.6. The van der Waals surface area contributed by atoms with E-state index in [1.54, 1.807) is 12.1 Å². The predicted octanol–water partition coefficient (Wildman–Crippen LogP) is 4.96. The molecule has 1 aromatic heterocycles. The van der Waals surface area contributed by atoms with Crippen molar-refractivity contribution in [2.75, 3.05) is 6.26 Å². The van der Waals surface area contributed by atoms with E-state index in [9.17, 15) is 13.5 Å². The van der Waals surface area contributed by atoms with Gasteiger partial charge in [-0.15, -0.1) is 0 Å². The van der Waals surface area contributed by atoms with Crippen molar-refractivity contribution >= 4 is 20.7 Å². The summed E-state index contributed by atoms with van der Waals surface area (Å²) < 4.78 is 25.5. The quantitative estimate of drug-likeness (QED) is 0.609. The second-order valence-electron chi connectivity index (χ2n) is 10.2. The molecule has 0 bridgehead atoms. The first-order chi connectivity index (χ1) is 15.1. The summed E-state index contributed by atoms with van der Waals surface area (Å²) in [7, 11) is -3.22. The van der Waals surface area contributed by atoms with Gasteiger partial charge in [0.2, 0.25) is 0 Å². The van der Waals surface area contributed by atoms with Crippen LogP contribution in [0.4, 0.5) is 0 Å². The van der Waals surface area contributed by atoms with Crippen molar-refractivity contribution in [3.8, 4) is 5.69 Å². The van der Waals surface area contributed by atoms with E-state index in [0.29, 0.717) is 10.8 Å². The average molecular weight is 453 g/mol. The summed E-state index contributed by atoms with van der Waals surface area (Å²) >= 11 is 0. The second-order valence-corrected chi connectivity index (χ2v) is 12.2. The van der Waals surface area contributed by atoms with Gasteiger partial charge in [-0.25, -0.2) is 13.1 Å². The second kappa shape index (κ2) is 7.42. The minimum absolute atomic E-state index is 0.126. The van der Waals surface area contributed by atoms with Crippen molar-refractivity contribution in [3.63, 3.8) is 0 Å². The van der Waals surface area contributed by atoms with Crippen LogP contribution in [0.25, 0.3) is 16.6 Å². The molecule has 2 aromatic carbocycles. The molecule has 1 N–H and O–H groups in total. The number of aliphatic hydroxyl groups is 1. The number of nitrogens with zero attached hydrogens (tertiary/aromatic N) is 2. The zero-order valence-electron chi connectivity index (χ0n) is 19.1. The molecule has 0 spiro atoms. The summed E-state index contributed by atoms with van der Waals surface area (Å²) in [5.41, 5.74) is 4.35. The van der Waals surface area contributed by atoms with E-state index >= 15 is 0 Å². The highest BCUT2D eigenvalue weighted by molar-refractivity contribution is 7.90. The lowest BCUT2D eigenvalue weighted by atomic mass is 9.57. The fourth-order valence-corrected chi connectivity index (χ4v) is 6.91. The third kappa shape index (κ3) is 3.48. The minimum Gasteiger partial charge on any atom is -0.390 e. The molecule has 0 saturated heterocycles. The number of aryl methyl sites for hydroxylation is 1. The SMILES string of the molecule is CC[C@]12CC[C@](C)(O)C[C@@H]1CCCc1cc3c(cnn3-c3ccc(S(C)(=O)=O)cc3)cc12. The first kappa shape index (κ1) is 21.7. The highest BCUT2D eigenvalue weighted by Gasteiger charge is 2.48. The monoisotopic (exact) mass is 452 g/mol. The number of fused-ring (bicyclic) bond motifs is 4. The molecule has 1 fully saturated rings. The molecule has 0 radical (unpaired) electrons. The first-order valence-corrected chi connectivity index (χ1v) is 13.6. The molecular weight excluding hydrogens is 420 g/mol. The number of rotatable bonds is 3. The van der Waals surface area contributed by atoms with Crippen LogP contribution in [-0.2, 0) is 21.7 Å². The van der Waals surface area contributed by atoms with Gasteiger partial charge >= 0.3 is 0 Å². The Bertz CT molecular complexity index is 1270. The lowest BCUT2D eigenvalue weighted by molar-refractivity contribution is -0.0339. The lowest BCUT2D eigenvalue weighted by Crippen LogP contribution is -2.46. The van der Waals surface area contributed by atoms with E-state index in [2.05, 4.69) is 24.2 Å². The summed E-state index contributed by atoms with van der Waals surface area (Å²) in [5, 5.41) is 16.6. The Labute approximate surface area is 190 Å². The molecule has 3 atom stereocenters. The molecule has 0 amide bonds. The summed E-state index contributed by atoms with van der Waals surface area (Å²) in [5.74, 6) is 0.508. The van der Waals surface area contributed by atoms with E-state index in [0.717, 1.165) is 61.5 Å². The fraction of sp³-hybridized carbons (Fsp3) is 0.500. The van der Waals surface area contributed by atoms with Crippen LogP contribution in [0.5, 0.6) is 0 Å². The number of sulfone groups is 1. The van der Waals surface area contributed by atoms with Crippen molar-refractivity contribution in [2.45, 2.75) is 74.7 Å². The number of aromatic nitrogens is 2. The van der Waals surface area contributed by atoms with Crippen LogP contribution in [0.3, 0.4) is 0 Å². The molecule has 5 rings (SSSR count). The van der Waals surface area contributed by atoms with Gasteiger partial charge in [-0.1, -0.05) is 6.92 Å². The molecule has 5 nitrogen and oxygen atoms in total. The molecular formula is C26H32N2O3S. The molecule has 0 aliphatic heterocycles. The molecule has 1 saturated carbocycles. The third-order valence-electron chi connectivity index (χ3n) is 8.05. The Morgan fingerprint density at radius 3 is 2.62 bits per heavy atom. The Hall–Kier alpha value is -2.18. The number of hydrogen-bond acceptors (Lipinski definition) is 4. The molecule has 0 unspecified atom stereocenters. The van der Waals surface area contributed by atoms with Crippen molar-refractivity contribution in [3.05, 3.63) is 53.7 Å². The Balaban J connectivity index is 1.61. The van der Waals surface area contributed by atoms with Gasteiger partial charge in [0.1, 0.15) is 0 Å². The summed E-state index contributed by atoms with van der Waals surface area (Å²) in [6.07, 6.45) is 10.3. The van der Waals surface area contributed by atoms with Gasteiger partial charge in [0.15, 0.2) is 9.84 Å². The van der Waals surface area contributed by atoms with Gasteiger partial charge < -0.3 is 5.11 Å². The first-order valence-electron chi connectivity index (χ1n) is 11.7. The van der Waals surface area contributed by atoms with E-state index in [4.69, 9.17) is 0 Å². The average Bonchev–Trinajstić information content (AvgIpc) is 3.09. The summed E-state index contributed by atoms with van der Waals surface area (Å²) in [4.78, 5) is 0.315. The molecule has 2 aliphatic rings. The van der Waals surface area contributed by atoms with Crippen LogP contribution in [0, 0.1) is 5.92 Å². The van der Waals surface area contributed by atoms with Crippen molar-refractivity contribution in [2.24, 2.45) is 5.92 Å². The normalized spacial score (nSPS) is 28.2. The van der Waals surface area contributed by atoms with E-state index in [1.165, 1.54) is 17.4 Å². The lowest BCUT2D eigenvalue weighted by Gasteiger charge is -2.49. The smallest absolute Gasteiger partial charge is 0.175 e. The van der Waals surface area contributed by atoms with Crippen molar-refractivity contribution < 1.29 is 13.5 Å². The van der Waals surface area contributed by atoms with Gasteiger partial charge in [-0.05, 0) is 111 Å². The van der Waals surface area contributed by atoms with Crippen molar-refractivity contribution in [1.29, 1.82) is 0 Å². The third-order valence-corrected chi connectivity index (χ3v) is 9.17. The van der Waals surface area contributed by atoms with E-state index in [-0.39, 0.29) is 5.41 Å². The van der Waals surface area contributed by atoms with Crippen LogP contribution in [0.2, 0.25) is 0 Å². The maximum Gasteiger partial charge on any atom is 0.175 e. The van der Waals surface area contributed by atoms with Crippen LogP contribution in [0.15, 0.2) is 47.5 Å². The standard InChI is InChI=1S/C26H32N2O3S/c1-4-26-13-12-25(2,29)16-20(26)7-5-6-18-15-24-19(14-23(18)26)17-27-28(24)21-8-10-22(11-9-21)32(3,30)31/h8-11,14-15,17,20,29H,4-7,12-13,16H2,1-3H3/t20-,25-,26-/m0/s1. The molecule has 3 aromatic rings. The molecule has 1 heterocycles. The van der Waals surface area contributed by atoms with Gasteiger partial charge in [-0.2, -0.15) is 5.10 Å². The van der Waals surface area contributed by atoms with E-state index < -0.39 is 15.4 Å². The van der Waals surface area contributed by atoms with E-state index in [1.807, 2.05) is 29.9 Å². The number of benzene rings is 2. The Morgan fingerprint density at radius 1 is 1.19 bits per heavy atom. The molecule has 2 aliphatic carbocycles. The zero-order valence-corrected chi connectivity index (χ0v) is 20.0. The van der Waals surface area contributed by atoms with Gasteiger partial charge in [-0.3, -0.25) is 0 Å². The van der Waals surface area contributed by atoms with Crippen molar-refractivity contribution in [1.82, 2.24) is 9.78 Å². The Morgan fingerprint density at radius 2 is 1.94 bits per heavy atom. The zero-order chi connectivity index (χ0) is 22.7.